The predicted molar refractivity (Wildman–Crippen MR) is 108 cm³/mol. The summed E-state index contributed by atoms with van der Waals surface area (Å²) in [6.07, 6.45) is 2.14. The Balaban J connectivity index is 1.58. The Morgan fingerprint density at radius 3 is 2.45 bits per heavy atom. The van der Waals surface area contributed by atoms with Gasteiger partial charge in [-0.05, 0) is 43.4 Å². The quantitative estimate of drug-likeness (QED) is 0.742. The first-order chi connectivity index (χ1) is 13.9. The summed E-state index contributed by atoms with van der Waals surface area (Å²) in [4.78, 5) is 12.5. The van der Waals surface area contributed by atoms with Gasteiger partial charge in [0.15, 0.2) is 0 Å². The molecule has 1 aliphatic rings. The number of sulfonamides is 1. The minimum absolute atomic E-state index is 0.00181. The van der Waals surface area contributed by atoms with Crippen LogP contribution in [0.25, 0.3) is 0 Å². The Kier molecular flexibility index (Phi) is 6.97. The van der Waals surface area contributed by atoms with Gasteiger partial charge in [0.05, 0.1) is 11.7 Å². The van der Waals surface area contributed by atoms with Gasteiger partial charge >= 0.3 is 0 Å². The van der Waals surface area contributed by atoms with Gasteiger partial charge in [0.25, 0.3) is 0 Å². The number of hydrogen-bond donors (Lipinski definition) is 1. The molecule has 1 amide bonds. The van der Waals surface area contributed by atoms with Crippen LogP contribution in [0.5, 0.6) is 0 Å². The van der Waals surface area contributed by atoms with Gasteiger partial charge in [-0.2, -0.15) is 0 Å². The highest BCUT2D eigenvalue weighted by Gasteiger charge is 2.32. The molecular formula is C21H24F2N2O3S. The molecule has 0 radical (unpaired) electrons. The molecule has 0 aromatic heterocycles. The summed E-state index contributed by atoms with van der Waals surface area (Å²) in [6.45, 7) is 0.376. The van der Waals surface area contributed by atoms with Crippen LogP contribution in [-0.2, 0) is 21.2 Å². The lowest BCUT2D eigenvalue weighted by Crippen LogP contribution is -2.44. The summed E-state index contributed by atoms with van der Waals surface area (Å²) in [5, 5.41) is 2.27. The molecule has 1 aliphatic heterocycles. The van der Waals surface area contributed by atoms with E-state index < -0.39 is 39.2 Å². The average Bonchev–Trinajstić information content (AvgIpc) is 2.71. The van der Waals surface area contributed by atoms with Crippen molar-refractivity contribution in [3.8, 4) is 0 Å². The Labute approximate surface area is 169 Å². The standard InChI is InChI=1S/C21H24F2N2O3S/c22-18-11-4-12-19(23)20(18)24-21(26)17-10-5-13-25(15-17)29(27,28)14-6-9-16-7-2-1-3-8-16/h1-4,7-8,11-12,17H,5-6,9-10,13-15H2,(H,24,26)/t17-/m1/s1. The monoisotopic (exact) mass is 422 g/mol. The van der Waals surface area contributed by atoms with Crippen molar-refractivity contribution in [2.24, 2.45) is 5.92 Å². The van der Waals surface area contributed by atoms with E-state index in [0.29, 0.717) is 32.2 Å². The summed E-state index contributed by atoms with van der Waals surface area (Å²) in [5.41, 5.74) is 0.575. The number of benzene rings is 2. The van der Waals surface area contributed by atoms with Crippen LogP contribution in [0.2, 0.25) is 0 Å². The molecule has 1 saturated heterocycles. The number of piperidine rings is 1. The zero-order valence-corrected chi connectivity index (χ0v) is 16.8. The molecular weight excluding hydrogens is 398 g/mol. The van der Waals surface area contributed by atoms with E-state index in [1.54, 1.807) is 0 Å². The highest BCUT2D eigenvalue weighted by molar-refractivity contribution is 7.89. The third kappa shape index (κ3) is 5.61. The third-order valence-electron chi connectivity index (χ3n) is 5.07. The normalized spacial score (nSPS) is 17.8. The summed E-state index contributed by atoms with van der Waals surface area (Å²) in [6, 6.07) is 13.0. The number of halogens is 2. The summed E-state index contributed by atoms with van der Waals surface area (Å²) in [7, 11) is -3.50. The Hall–Kier alpha value is -2.32. The van der Waals surface area contributed by atoms with Crippen molar-refractivity contribution in [1.82, 2.24) is 4.31 Å². The maximum atomic E-state index is 13.8. The number of carbonyl (C=O) groups is 1. The highest BCUT2D eigenvalue weighted by atomic mass is 32.2. The van der Waals surface area contributed by atoms with Crippen molar-refractivity contribution in [1.29, 1.82) is 0 Å². The molecule has 1 heterocycles. The third-order valence-corrected chi connectivity index (χ3v) is 6.99. The van der Waals surface area contributed by atoms with E-state index in [9.17, 15) is 22.0 Å². The second-order valence-corrected chi connectivity index (χ2v) is 9.28. The second-order valence-electron chi connectivity index (χ2n) is 7.19. The fourth-order valence-electron chi connectivity index (χ4n) is 3.48. The van der Waals surface area contributed by atoms with E-state index >= 15 is 0 Å². The number of aryl methyl sites for hydroxylation is 1. The van der Waals surface area contributed by atoms with Gasteiger partial charge < -0.3 is 5.32 Å². The zero-order chi connectivity index (χ0) is 20.9. The summed E-state index contributed by atoms with van der Waals surface area (Å²) < 4.78 is 54.2. The van der Waals surface area contributed by atoms with Gasteiger partial charge in [-0.15, -0.1) is 0 Å². The van der Waals surface area contributed by atoms with Crippen LogP contribution < -0.4 is 5.32 Å². The van der Waals surface area contributed by atoms with Gasteiger partial charge in [0, 0.05) is 13.1 Å². The number of nitrogens with one attached hydrogen (secondary N) is 1. The van der Waals surface area contributed by atoms with Crippen LogP contribution in [0.4, 0.5) is 14.5 Å². The van der Waals surface area contributed by atoms with Crippen molar-refractivity contribution in [2.45, 2.75) is 25.7 Å². The smallest absolute Gasteiger partial charge is 0.228 e. The first kappa shape index (κ1) is 21.4. The lowest BCUT2D eigenvalue weighted by Gasteiger charge is -2.31. The van der Waals surface area contributed by atoms with E-state index in [4.69, 9.17) is 0 Å². The first-order valence-corrected chi connectivity index (χ1v) is 11.2. The molecule has 1 atom stereocenters. The summed E-state index contributed by atoms with van der Waals surface area (Å²) in [5.74, 6) is -2.94. The number of amides is 1. The van der Waals surface area contributed by atoms with Crippen LogP contribution in [0.1, 0.15) is 24.8 Å². The second kappa shape index (κ2) is 9.45. The molecule has 5 nitrogen and oxygen atoms in total. The van der Waals surface area contributed by atoms with Gasteiger partial charge in [0.2, 0.25) is 15.9 Å². The molecule has 0 spiro atoms. The molecule has 1 fully saturated rings. The van der Waals surface area contributed by atoms with Crippen LogP contribution in [0.3, 0.4) is 0 Å². The van der Waals surface area contributed by atoms with E-state index in [2.05, 4.69) is 5.32 Å². The van der Waals surface area contributed by atoms with Crippen molar-refractivity contribution in [2.75, 3.05) is 24.2 Å². The number of hydrogen-bond acceptors (Lipinski definition) is 3. The molecule has 0 saturated carbocycles. The predicted octanol–water partition coefficient (Wildman–Crippen LogP) is 3.58. The van der Waals surface area contributed by atoms with Gasteiger partial charge in [-0.1, -0.05) is 36.4 Å². The number of para-hydroxylation sites is 1. The first-order valence-electron chi connectivity index (χ1n) is 9.63. The van der Waals surface area contributed by atoms with E-state index in [-0.39, 0.29) is 12.3 Å². The molecule has 1 N–H and O–H groups in total. The van der Waals surface area contributed by atoms with Crippen molar-refractivity contribution < 1.29 is 22.0 Å². The van der Waals surface area contributed by atoms with Crippen molar-refractivity contribution in [3.05, 3.63) is 65.7 Å². The van der Waals surface area contributed by atoms with Crippen LogP contribution >= 0.6 is 0 Å². The number of carbonyl (C=O) groups excluding carboxylic acids is 1. The molecule has 29 heavy (non-hydrogen) atoms. The molecule has 3 rings (SSSR count). The van der Waals surface area contributed by atoms with Gasteiger partial charge in [-0.3, -0.25) is 4.79 Å². The lowest BCUT2D eigenvalue weighted by molar-refractivity contribution is -0.120. The van der Waals surface area contributed by atoms with E-state index in [0.717, 1.165) is 17.7 Å². The van der Waals surface area contributed by atoms with Gasteiger partial charge in [0.1, 0.15) is 17.3 Å². The number of anilines is 1. The lowest BCUT2D eigenvalue weighted by atomic mass is 9.98. The van der Waals surface area contributed by atoms with Crippen molar-refractivity contribution in [3.63, 3.8) is 0 Å². The molecule has 0 aliphatic carbocycles. The molecule has 0 unspecified atom stereocenters. The number of nitrogens with zero attached hydrogens (tertiary/aromatic N) is 1. The molecule has 8 heteroatoms. The fourth-order valence-corrected chi connectivity index (χ4v) is 5.07. The van der Waals surface area contributed by atoms with E-state index in [1.165, 1.54) is 10.4 Å². The maximum Gasteiger partial charge on any atom is 0.228 e. The van der Waals surface area contributed by atoms with E-state index in [1.807, 2.05) is 30.3 Å². The molecule has 156 valence electrons. The van der Waals surface area contributed by atoms with Gasteiger partial charge in [-0.25, -0.2) is 21.5 Å². The number of rotatable bonds is 7. The molecule has 0 bridgehead atoms. The molecule has 2 aromatic rings. The van der Waals surface area contributed by atoms with Crippen LogP contribution in [0.15, 0.2) is 48.5 Å². The van der Waals surface area contributed by atoms with Crippen molar-refractivity contribution >= 4 is 21.6 Å². The van der Waals surface area contributed by atoms with Crippen LogP contribution in [-0.4, -0.2) is 37.5 Å². The average molecular weight is 422 g/mol. The largest absolute Gasteiger partial charge is 0.321 e. The minimum Gasteiger partial charge on any atom is -0.321 e. The maximum absolute atomic E-state index is 13.8. The fraction of sp³-hybridized carbons (Fsp3) is 0.381. The topological polar surface area (TPSA) is 66.5 Å². The molecule has 2 aromatic carbocycles. The van der Waals surface area contributed by atoms with Crippen LogP contribution in [0, 0.1) is 17.6 Å². The summed E-state index contributed by atoms with van der Waals surface area (Å²) >= 11 is 0. The SMILES string of the molecule is O=C(Nc1c(F)cccc1F)[C@@H]1CCCN(S(=O)(=O)CCCc2ccccc2)C1. The Morgan fingerprint density at radius 2 is 1.76 bits per heavy atom. The Morgan fingerprint density at radius 1 is 1.07 bits per heavy atom. The Bertz CT molecular complexity index is 931. The minimum atomic E-state index is -3.50. The highest BCUT2D eigenvalue weighted by Crippen LogP contribution is 2.24. The zero-order valence-electron chi connectivity index (χ0n) is 16.0.